The molecule has 3 aromatic rings. The van der Waals surface area contributed by atoms with Crippen LogP contribution in [0.1, 0.15) is 5.56 Å². The van der Waals surface area contributed by atoms with Crippen molar-refractivity contribution in [2.24, 2.45) is 7.05 Å². The molecule has 0 aliphatic rings. The third-order valence-electron chi connectivity index (χ3n) is 3.04. The van der Waals surface area contributed by atoms with Gasteiger partial charge in [0.2, 0.25) is 5.56 Å². The SMILES string of the molecule is Cn1c(-c2cc[nH]c(=O)c2)nc2cc(C#N)ccc21. The quantitative estimate of drug-likeness (QED) is 0.715. The van der Waals surface area contributed by atoms with E-state index in [1.54, 1.807) is 24.4 Å². The molecule has 0 bridgehead atoms. The van der Waals surface area contributed by atoms with Gasteiger partial charge in [-0.05, 0) is 24.3 Å². The molecule has 0 amide bonds. The molecule has 5 heteroatoms. The Kier molecular flexibility index (Phi) is 2.43. The van der Waals surface area contributed by atoms with E-state index >= 15 is 0 Å². The standard InChI is InChI=1S/C14H10N4O/c1-18-12-3-2-9(8-15)6-11(12)17-14(18)10-4-5-16-13(19)7-10/h2-7H,1H3,(H,16,19). The molecule has 0 radical (unpaired) electrons. The minimum absolute atomic E-state index is 0.165. The van der Waals surface area contributed by atoms with E-state index in [0.717, 1.165) is 16.6 Å². The monoisotopic (exact) mass is 250 g/mol. The zero-order valence-corrected chi connectivity index (χ0v) is 10.2. The molecule has 0 fully saturated rings. The lowest BCUT2D eigenvalue weighted by Crippen LogP contribution is -2.03. The molecule has 19 heavy (non-hydrogen) atoms. The van der Waals surface area contributed by atoms with Crippen LogP contribution in [0.5, 0.6) is 0 Å². The lowest BCUT2D eigenvalue weighted by molar-refractivity contribution is 0.957. The number of pyridine rings is 1. The van der Waals surface area contributed by atoms with Crippen LogP contribution in [0.15, 0.2) is 41.3 Å². The predicted molar refractivity (Wildman–Crippen MR) is 71.5 cm³/mol. The van der Waals surface area contributed by atoms with Crippen molar-refractivity contribution in [2.75, 3.05) is 0 Å². The van der Waals surface area contributed by atoms with Gasteiger partial charge in [0, 0.05) is 24.9 Å². The molecule has 1 N–H and O–H groups in total. The van der Waals surface area contributed by atoms with Crippen LogP contribution in [0, 0.1) is 11.3 Å². The third kappa shape index (κ3) is 1.79. The van der Waals surface area contributed by atoms with Gasteiger partial charge in [-0.2, -0.15) is 5.26 Å². The van der Waals surface area contributed by atoms with Crippen LogP contribution in [-0.2, 0) is 7.05 Å². The second kappa shape index (κ2) is 4.10. The number of rotatable bonds is 1. The van der Waals surface area contributed by atoms with Crippen LogP contribution >= 0.6 is 0 Å². The fourth-order valence-corrected chi connectivity index (χ4v) is 2.11. The molecule has 0 saturated carbocycles. The van der Waals surface area contributed by atoms with Crippen molar-refractivity contribution in [1.29, 1.82) is 5.26 Å². The van der Waals surface area contributed by atoms with Crippen LogP contribution < -0.4 is 5.56 Å². The largest absolute Gasteiger partial charge is 0.329 e. The highest BCUT2D eigenvalue weighted by Gasteiger charge is 2.10. The second-order valence-electron chi connectivity index (χ2n) is 4.25. The van der Waals surface area contributed by atoms with E-state index in [2.05, 4.69) is 16.0 Å². The fourth-order valence-electron chi connectivity index (χ4n) is 2.11. The van der Waals surface area contributed by atoms with Crippen LogP contribution in [0.4, 0.5) is 0 Å². The van der Waals surface area contributed by atoms with Gasteiger partial charge in [-0.1, -0.05) is 0 Å². The Morgan fingerprint density at radius 3 is 2.89 bits per heavy atom. The van der Waals surface area contributed by atoms with Crippen LogP contribution in [0.3, 0.4) is 0 Å². The number of nitrogens with zero attached hydrogens (tertiary/aromatic N) is 3. The van der Waals surface area contributed by atoms with Crippen molar-refractivity contribution in [3.63, 3.8) is 0 Å². The molecule has 0 saturated heterocycles. The maximum Gasteiger partial charge on any atom is 0.248 e. The summed E-state index contributed by atoms with van der Waals surface area (Å²) in [5.74, 6) is 0.705. The van der Waals surface area contributed by atoms with Crippen LogP contribution in [0.25, 0.3) is 22.4 Å². The van der Waals surface area contributed by atoms with E-state index in [0.29, 0.717) is 11.4 Å². The first-order chi connectivity index (χ1) is 9.19. The topological polar surface area (TPSA) is 74.5 Å². The summed E-state index contributed by atoms with van der Waals surface area (Å²) in [7, 11) is 1.89. The minimum Gasteiger partial charge on any atom is -0.329 e. The number of H-pyrrole nitrogens is 1. The summed E-state index contributed by atoms with van der Waals surface area (Å²) in [5, 5.41) is 8.90. The minimum atomic E-state index is -0.165. The summed E-state index contributed by atoms with van der Waals surface area (Å²) in [6.07, 6.45) is 1.59. The van der Waals surface area contributed by atoms with E-state index in [1.807, 2.05) is 17.7 Å². The van der Waals surface area contributed by atoms with E-state index in [-0.39, 0.29) is 5.56 Å². The normalized spacial score (nSPS) is 10.5. The van der Waals surface area contributed by atoms with Gasteiger partial charge in [0.15, 0.2) is 0 Å². The number of fused-ring (bicyclic) bond motifs is 1. The van der Waals surface area contributed by atoms with Crippen LogP contribution in [-0.4, -0.2) is 14.5 Å². The molecule has 5 nitrogen and oxygen atoms in total. The zero-order chi connectivity index (χ0) is 13.4. The van der Waals surface area contributed by atoms with Crippen molar-refractivity contribution >= 4 is 11.0 Å². The summed E-state index contributed by atoms with van der Waals surface area (Å²) in [6.45, 7) is 0. The predicted octanol–water partition coefficient (Wildman–Crippen LogP) is 1.80. The van der Waals surface area contributed by atoms with E-state index in [4.69, 9.17) is 5.26 Å². The van der Waals surface area contributed by atoms with Gasteiger partial charge >= 0.3 is 0 Å². The number of aromatic amines is 1. The number of imidazole rings is 1. The van der Waals surface area contributed by atoms with Gasteiger partial charge in [-0.3, -0.25) is 4.79 Å². The number of nitriles is 1. The highest BCUT2D eigenvalue weighted by molar-refractivity contribution is 5.81. The smallest absolute Gasteiger partial charge is 0.248 e. The first-order valence-corrected chi connectivity index (χ1v) is 5.75. The Morgan fingerprint density at radius 1 is 1.32 bits per heavy atom. The fraction of sp³-hybridized carbons (Fsp3) is 0.0714. The van der Waals surface area contributed by atoms with Gasteiger partial charge in [-0.25, -0.2) is 4.98 Å². The average molecular weight is 250 g/mol. The Labute approximate surface area is 108 Å². The summed E-state index contributed by atoms with van der Waals surface area (Å²) in [6, 6.07) is 10.8. The van der Waals surface area contributed by atoms with Gasteiger partial charge in [0.05, 0.1) is 22.7 Å². The molecule has 2 aromatic heterocycles. The number of benzene rings is 1. The average Bonchev–Trinajstić information content (AvgIpc) is 2.75. The molecular weight excluding hydrogens is 240 g/mol. The molecule has 92 valence electrons. The summed E-state index contributed by atoms with van der Waals surface area (Å²) in [5.41, 5.74) is 2.83. The van der Waals surface area contributed by atoms with Gasteiger partial charge < -0.3 is 9.55 Å². The Hall–Kier alpha value is -2.87. The van der Waals surface area contributed by atoms with Crippen molar-refractivity contribution in [1.82, 2.24) is 14.5 Å². The van der Waals surface area contributed by atoms with E-state index < -0.39 is 0 Å². The van der Waals surface area contributed by atoms with Crippen molar-refractivity contribution in [2.45, 2.75) is 0 Å². The molecule has 0 atom stereocenters. The van der Waals surface area contributed by atoms with Gasteiger partial charge in [0.25, 0.3) is 0 Å². The highest BCUT2D eigenvalue weighted by Crippen LogP contribution is 2.23. The number of nitrogens with one attached hydrogen (secondary N) is 1. The first-order valence-electron chi connectivity index (χ1n) is 5.75. The number of aryl methyl sites for hydroxylation is 1. The number of hydrogen-bond donors (Lipinski definition) is 1. The summed E-state index contributed by atoms with van der Waals surface area (Å²) < 4.78 is 1.91. The molecule has 0 aliphatic heterocycles. The van der Waals surface area contributed by atoms with E-state index in [1.165, 1.54) is 6.07 Å². The molecular formula is C14H10N4O. The van der Waals surface area contributed by atoms with Crippen molar-refractivity contribution < 1.29 is 0 Å². The maximum atomic E-state index is 11.4. The summed E-state index contributed by atoms with van der Waals surface area (Å²) >= 11 is 0. The lowest BCUT2D eigenvalue weighted by Gasteiger charge is -2.01. The molecule has 0 aliphatic carbocycles. The van der Waals surface area contributed by atoms with E-state index in [9.17, 15) is 4.79 Å². The van der Waals surface area contributed by atoms with Gasteiger partial charge in [-0.15, -0.1) is 0 Å². The maximum absolute atomic E-state index is 11.4. The molecule has 2 heterocycles. The molecule has 1 aromatic carbocycles. The number of hydrogen-bond acceptors (Lipinski definition) is 3. The third-order valence-corrected chi connectivity index (χ3v) is 3.04. The lowest BCUT2D eigenvalue weighted by atomic mass is 10.2. The Balaban J connectivity index is 2.28. The van der Waals surface area contributed by atoms with Crippen molar-refractivity contribution in [3.8, 4) is 17.5 Å². The first kappa shape index (κ1) is 11.2. The highest BCUT2D eigenvalue weighted by atomic mass is 16.1. The Morgan fingerprint density at radius 2 is 2.16 bits per heavy atom. The molecule has 0 spiro atoms. The summed E-state index contributed by atoms with van der Waals surface area (Å²) in [4.78, 5) is 18.4. The Bertz CT molecular complexity index is 867. The van der Waals surface area contributed by atoms with Crippen molar-refractivity contribution in [3.05, 3.63) is 52.4 Å². The van der Waals surface area contributed by atoms with Gasteiger partial charge in [0.1, 0.15) is 5.82 Å². The molecule has 0 unspecified atom stereocenters. The zero-order valence-electron chi connectivity index (χ0n) is 10.2. The van der Waals surface area contributed by atoms with Crippen LogP contribution in [0.2, 0.25) is 0 Å². The second-order valence-corrected chi connectivity index (χ2v) is 4.25. The number of aromatic nitrogens is 3. The molecule has 3 rings (SSSR count).